The second kappa shape index (κ2) is 10.3. The average Bonchev–Trinajstić information content (AvgIpc) is 3.50. The lowest BCUT2D eigenvalue weighted by Gasteiger charge is -2.26. The number of carbonyl (C=O) groups excluding carboxylic acids is 3. The summed E-state index contributed by atoms with van der Waals surface area (Å²) in [7, 11) is 2.95. The SMILES string of the molecule is CCOC(=O)c1sc(N2C(=O)C(O)=C(C(=O)c3sc(C)nc3C)C2c2cc(OC)ccc2OC)nc1C. The van der Waals surface area contributed by atoms with Crippen LogP contribution in [0.25, 0.3) is 0 Å². The number of aryl methyl sites for hydroxylation is 3. The number of hydrogen-bond donors (Lipinski definition) is 1. The molecule has 1 atom stereocenters. The molecule has 0 spiro atoms. The highest BCUT2D eigenvalue weighted by atomic mass is 32.1. The molecule has 0 aliphatic carbocycles. The van der Waals surface area contributed by atoms with Crippen molar-refractivity contribution in [1.29, 1.82) is 0 Å². The first-order valence-corrected chi connectivity index (χ1v) is 12.9. The summed E-state index contributed by atoms with van der Waals surface area (Å²) in [5, 5.41) is 11.9. The van der Waals surface area contributed by atoms with E-state index in [1.54, 1.807) is 45.9 Å². The molecule has 3 aromatic rings. The van der Waals surface area contributed by atoms with E-state index in [9.17, 15) is 19.5 Å². The van der Waals surface area contributed by atoms with Crippen LogP contribution in [0.15, 0.2) is 29.5 Å². The first-order chi connectivity index (χ1) is 17.6. The number of aliphatic hydroxyl groups is 1. The molecule has 1 aromatic carbocycles. The molecule has 37 heavy (non-hydrogen) atoms. The molecular weight excluding hydrogens is 518 g/mol. The van der Waals surface area contributed by atoms with Crippen LogP contribution in [0.5, 0.6) is 11.5 Å². The lowest BCUT2D eigenvalue weighted by atomic mass is 9.94. The van der Waals surface area contributed by atoms with E-state index in [1.807, 2.05) is 0 Å². The molecule has 1 N–H and O–H groups in total. The highest BCUT2D eigenvalue weighted by Crippen LogP contribution is 2.47. The Kier molecular flexibility index (Phi) is 7.32. The Hall–Kier alpha value is -3.77. The molecule has 1 unspecified atom stereocenters. The number of thiazole rings is 2. The van der Waals surface area contributed by atoms with E-state index < -0.39 is 29.5 Å². The van der Waals surface area contributed by atoms with Gasteiger partial charge in [0.2, 0.25) is 5.78 Å². The molecule has 1 aliphatic heterocycles. The van der Waals surface area contributed by atoms with E-state index in [0.29, 0.717) is 38.3 Å². The highest BCUT2D eigenvalue weighted by molar-refractivity contribution is 7.17. The van der Waals surface area contributed by atoms with Gasteiger partial charge in [-0.1, -0.05) is 11.3 Å². The molecule has 3 heterocycles. The summed E-state index contributed by atoms with van der Waals surface area (Å²) in [6.07, 6.45) is 0. The van der Waals surface area contributed by atoms with Crippen molar-refractivity contribution in [3.63, 3.8) is 0 Å². The van der Waals surface area contributed by atoms with Gasteiger partial charge in [-0.25, -0.2) is 14.8 Å². The Morgan fingerprint density at radius 2 is 1.76 bits per heavy atom. The maximum Gasteiger partial charge on any atom is 0.350 e. The number of hydrogen-bond acceptors (Lipinski definition) is 11. The number of Topliss-reactive ketones (excluding diaryl/α,β-unsaturated/α-hetero) is 1. The van der Waals surface area contributed by atoms with Gasteiger partial charge in [-0.05, 0) is 45.9 Å². The normalized spacial score (nSPS) is 15.4. The summed E-state index contributed by atoms with van der Waals surface area (Å²) in [5.41, 5.74) is 1.10. The number of anilines is 1. The molecule has 10 nitrogen and oxygen atoms in total. The topological polar surface area (TPSA) is 128 Å². The van der Waals surface area contributed by atoms with Crippen molar-refractivity contribution >= 4 is 45.5 Å². The van der Waals surface area contributed by atoms with E-state index in [0.717, 1.165) is 11.3 Å². The minimum atomic E-state index is -1.12. The van der Waals surface area contributed by atoms with E-state index in [2.05, 4.69) is 9.97 Å². The molecule has 12 heteroatoms. The van der Waals surface area contributed by atoms with Crippen molar-refractivity contribution in [2.75, 3.05) is 25.7 Å². The van der Waals surface area contributed by atoms with Crippen LogP contribution in [0.2, 0.25) is 0 Å². The predicted molar refractivity (Wildman–Crippen MR) is 138 cm³/mol. The van der Waals surface area contributed by atoms with Crippen molar-refractivity contribution in [2.24, 2.45) is 0 Å². The lowest BCUT2D eigenvalue weighted by Crippen LogP contribution is -2.31. The van der Waals surface area contributed by atoms with E-state index in [-0.39, 0.29) is 22.2 Å². The van der Waals surface area contributed by atoms with Gasteiger partial charge in [-0.15, -0.1) is 11.3 Å². The molecule has 2 aromatic heterocycles. The van der Waals surface area contributed by atoms with Gasteiger partial charge in [0.15, 0.2) is 10.9 Å². The molecule has 194 valence electrons. The molecule has 1 aliphatic rings. The number of aliphatic hydroxyl groups excluding tert-OH is 1. The molecule has 1 amide bonds. The second-order valence-electron chi connectivity index (χ2n) is 8.06. The van der Waals surface area contributed by atoms with Crippen LogP contribution in [0.4, 0.5) is 5.13 Å². The summed E-state index contributed by atoms with van der Waals surface area (Å²) in [6, 6.07) is 3.84. The summed E-state index contributed by atoms with van der Waals surface area (Å²) in [6.45, 7) is 6.95. The Bertz CT molecular complexity index is 1440. The Labute approximate surface area is 221 Å². The molecule has 0 bridgehead atoms. The zero-order valence-electron chi connectivity index (χ0n) is 21.1. The van der Waals surface area contributed by atoms with Crippen molar-refractivity contribution in [1.82, 2.24) is 9.97 Å². The highest BCUT2D eigenvalue weighted by Gasteiger charge is 2.48. The summed E-state index contributed by atoms with van der Waals surface area (Å²) < 4.78 is 16.1. The van der Waals surface area contributed by atoms with E-state index >= 15 is 0 Å². The predicted octanol–water partition coefficient (Wildman–Crippen LogP) is 4.50. The monoisotopic (exact) mass is 543 g/mol. The number of nitrogens with zero attached hydrogens (tertiary/aromatic N) is 3. The van der Waals surface area contributed by atoms with Crippen LogP contribution in [0, 0.1) is 20.8 Å². The summed E-state index contributed by atoms with van der Waals surface area (Å²) in [4.78, 5) is 50.3. The van der Waals surface area contributed by atoms with E-state index in [1.165, 1.54) is 30.5 Å². The lowest BCUT2D eigenvalue weighted by molar-refractivity contribution is -0.117. The number of carbonyl (C=O) groups is 3. The minimum absolute atomic E-state index is 0.118. The van der Waals surface area contributed by atoms with Crippen molar-refractivity contribution in [2.45, 2.75) is 33.7 Å². The molecular formula is C25H25N3O7S2. The average molecular weight is 544 g/mol. The third kappa shape index (κ3) is 4.58. The van der Waals surface area contributed by atoms with Gasteiger partial charge in [0.25, 0.3) is 5.91 Å². The number of rotatable bonds is 8. The van der Waals surface area contributed by atoms with E-state index in [4.69, 9.17) is 14.2 Å². The summed E-state index contributed by atoms with van der Waals surface area (Å²) >= 11 is 2.11. The minimum Gasteiger partial charge on any atom is -0.503 e. The van der Waals surface area contributed by atoms with Gasteiger partial charge in [-0.3, -0.25) is 14.5 Å². The van der Waals surface area contributed by atoms with Crippen LogP contribution in [0.3, 0.4) is 0 Å². The van der Waals surface area contributed by atoms with Crippen LogP contribution < -0.4 is 14.4 Å². The smallest absolute Gasteiger partial charge is 0.350 e. The first kappa shape index (κ1) is 26.3. The zero-order valence-corrected chi connectivity index (χ0v) is 22.7. The number of benzene rings is 1. The maximum absolute atomic E-state index is 13.8. The third-order valence-corrected chi connectivity index (χ3v) is 7.95. The van der Waals surface area contributed by atoms with Gasteiger partial charge in [0.05, 0.1) is 47.7 Å². The number of aromatic nitrogens is 2. The number of ketones is 1. The van der Waals surface area contributed by atoms with Gasteiger partial charge in [0, 0.05) is 5.56 Å². The maximum atomic E-state index is 13.8. The molecule has 0 fully saturated rings. The standard InChI is InChI=1S/C25H25N3O7S2/c1-7-35-24(32)22-12(3)27-25(37-22)28-18(15-10-14(33-5)8-9-16(15)34-6)17(20(30)23(28)31)19(29)21-11(2)26-13(4)36-21/h8-10,18,30H,7H2,1-6H3. The largest absolute Gasteiger partial charge is 0.503 e. The molecule has 0 saturated carbocycles. The van der Waals surface area contributed by atoms with Crippen LogP contribution in [-0.4, -0.2) is 53.6 Å². The summed E-state index contributed by atoms with van der Waals surface area (Å²) in [5.74, 6) is -1.84. The van der Waals surface area contributed by atoms with Gasteiger partial charge < -0.3 is 19.3 Å². The zero-order chi connectivity index (χ0) is 27.0. The third-order valence-electron chi connectivity index (χ3n) is 5.75. The number of amides is 1. The van der Waals surface area contributed by atoms with Crippen LogP contribution in [-0.2, 0) is 9.53 Å². The van der Waals surface area contributed by atoms with Crippen molar-refractivity contribution in [3.8, 4) is 11.5 Å². The number of ether oxygens (including phenoxy) is 3. The fourth-order valence-corrected chi connectivity index (χ4v) is 5.98. The number of esters is 1. The quantitative estimate of drug-likeness (QED) is 0.322. The Balaban J connectivity index is 1.94. The molecule has 4 rings (SSSR count). The molecule has 0 saturated heterocycles. The Morgan fingerprint density at radius 1 is 1.05 bits per heavy atom. The fraction of sp³-hybridized carbons (Fsp3) is 0.320. The fourth-order valence-electron chi connectivity index (χ4n) is 4.12. The van der Waals surface area contributed by atoms with Crippen LogP contribution in [0.1, 0.15) is 54.3 Å². The van der Waals surface area contributed by atoms with Gasteiger partial charge in [-0.2, -0.15) is 0 Å². The van der Waals surface area contributed by atoms with Gasteiger partial charge in [0.1, 0.15) is 22.4 Å². The van der Waals surface area contributed by atoms with Crippen molar-refractivity contribution in [3.05, 3.63) is 61.2 Å². The van der Waals surface area contributed by atoms with Gasteiger partial charge >= 0.3 is 5.97 Å². The Morgan fingerprint density at radius 3 is 2.35 bits per heavy atom. The first-order valence-electron chi connectivity index (χ1n) is 11.2. The van der Waals surface area contributed by atoms with Crippen LogP contribution >= 0.6 is 22.7 Å². The van der Waals surface area contributed by atoms with Crippen molar-refractivity contribution < 1.29 is 33.7 Å². The number of methoxy groups -OCH3 is 2. The molecule has 0 radical (unpaired) electrons. The second-order valence-corrected chi connectivity index (χ2v) is 10.2.